The minimum Gasteiger partial charge on any atom is -0.462 e. The van der Waals surface area contributed by atoms with Crippen LogP contribution in [0.15, 0.2) is 24.3 Å². The predicted molar refractivity (Wildman–Crippen MR) is 65.9 cm³/mol. The molecule has 1 amide bonds. The first-order chi connectivity index (χ1) is 8.17. The number of carbonyl (C=O) groups excluding carboxylic acids is 2. The summed E-state index contributed by atoms with van der Waals surface area (Å²) in [6.07, 6.45) is 1.20. The highest BCUT2D eigenvalue weighted by atomic mass is 16.5. The standard InChI is InChI=1S/C13H17NO3/c1-3-8-17-13(16)10-6-5-7-11(9-10)14-12(15)4-2/h5-7,9H,3-4,8H2,1-2H3,(H,14,15). The van der Waals surface area contributed by atoms with Crippen molar-refractivity contribution in [2.24, 2.45) is 0 Å². The van der Waals surface area contributed by atoms with E-state index in [0.29, 0.717) is 24.3 Å². The van der Waals surface area contributed by atoms with Gasteiger partial charge in [0.05, 0.1) is 12.2 Å². The molecule has 4 nitrogen and oxygen atoms in total. The Morgan fingerprint density at radius 3 is 2.71 bits per heavy atom. The SMILES string of the molecule is CCCOC(=O)c1cccc(NC(=O)CC)c1. The summed E-state index contributed by atoms with van der Waals surface area (Å²) in [6, 6.07) is 6.74. The van der Waals surface area contributed by atoms with Gasteiger partial charge in [-0.05, 0) is 24.6 Å². The normalized spacial score (nSPS) is 9.76. The van der Waals surface area contributed by atoms with Crippen molar-refractivity contribution in [2.45, 2.75) is 26.7 Å². The second-order valence-corrected chi connectivity index (χ2v) is 3.62. The fourth-order valence-corrected chi connectivity index (χ4v) is 1.25. The first-order valence-corrected chi connectivity index (χ1v) is 5.74. The van der Waals surface area contributed by atoms with Crippen LogP contribution in [0.5, 0.6) is 0 Å². The monoisotopic (exact) mass is 235 g/mol. The van der Waals surface area contributed by atoms with Crippen molar-refractivity contribution in [3.05, 3.63) is 29.8 Å². The molecule has 0 heterocycles. The zero-order valence-electron chi connectivity index (χ0n) is 10.2. The average molecular weight is 235 g/mol. The molecule has 1 rings (SSSR count). The van der Waals surface area contributed by atoms with Gasteiger partial charge in [-0.25, -0.2) is 4.79 Å². The van der Waals surface area contributed by atoms with Gasteiger partial charge in [-0.15, -0.1) is 0 Å². The van der Waals surface area contributed by atoms with Crippen LogP contribution in [-0.2, 0) is 9.53 Å². The third-order valence-corrected chi connectivity index (χ3v) is 2.14. The number of rotatable bonds is 5. The van der Waals surface area contributed by atoms with Crippen molar-refractivity contribution in [1.29, 1.82) is 0 Å². The van der Waals surface area contributed by atoms with Crippen LogP contribution in [-0.4, -0.2) is 18.5 Å². The summed E-state index contributed by atoms with van der Waals surface area (Å²) in [5, 5.41) is 2.70. The van der Waals surface area contributed by atoms with Gasteiger partial charge in [-0.3, -0.25) is 4.79 Å². The Labute approximate surface area is 101 Å². The van der Waals surface area contributed by atoms with Gasteiger partial charge >= 0.3 is 5.97 Å². The van der Waals surface area contributed by atoms with E-state index in [1.807, 2.05) is 6.92 Å². The van der Waals surface area contributed by atoms with Gasteiger partial charge in [0.1, 0.15) is 0 Å². The number of esters is 1. The van der Waals surface area contributed by atoms with E-state index >= 15 is 0 Å². The molecule has 17 heavy (non-hydrogen) atoms. The second kappa shape index (κ2) is 6.68. The molecule has 0 aliphatic carbocycles. The van der Waals surface area contributed by atoms with Crippen LogP contribution in [0.3, 0.4) is 0 Å². The largest absolute Gasteiger partial charge is 0.462 e. The molecule has 0 radical (unpaired) electrons. The van der Waals surface area contributed by atoms with Gasteiger partial charge < -0.3 is 10.1 Å². The fourth-order valence-electron chi connectivity index (χ4n) is 1.25. The summed E-state index contributed by atoms with van der Waals surface area (Å²) in [5.74, 6) is -0.441. The zero-order valence-corrected chi connectivity index (χ0v) is 10.2. The summed E-state index contributed by atoms with van der Waals surface area (Å²) in [5.41, 5.74) is 1.06. The second-order valence-electron chi connectivity index (χ2n) is 3.62. The maximum atomic E-state index is 11.6. The summed E-state index contributed by atoms with van der Waals surface area (Å²) in [4.78, 5) is 22.8. The van der Waals surface area contributed by atoms with Gasteiger partial charge in [-0.1, -0.05) is 19.9 Å². The van der Waals surface area contributed by atoms with Gasteiger partial charge in [0.25, 0.3) is 0 Å². The topological polar surface area (TPSA) is 55.4 Å². The first kappa shape index (κ1) is 13.2. The maximum absolute atomic E-state index is 11.6. The van der Waals surface area contributed by atoms with Crippen molar-refractivity contribution >= 4 is 17.6 Å². The summed E-state index contributed by atoms with van der Waals surface area (Å²) in [6.45, 7) is 4.12. The van der Waals surface area contributed by atoms with Crippen molar-refractivity contribution < 1.29 is 14.3 Å². The molecule has 1 aromatic carbocycles. The van der Waals surface area contributed by atoms with Gasteiger partial charge in [0.15, 0.2) is 0 Å². The van der Waals surface area contributed by atoms with E-state index < -0.39 is 0 Å². The summed E-state index contributed by atoms with van der Waals surface area (Å²) < 4.78 is 5.01. The molecular weight excluding hydrogens is 218 g/mol. The van der Waals surface area contributed by atoms with Crippen molar-refractivity contribution in [3.8, 4) is 0 Å². The molecule has 0 atom stereocenters. The van der Waals surface area contributed by atoms with Crippen LogP contribution in [0.2, 0.25) is 0 Å². The molecule has 0 unspecified atom stereocenters. The third kappa shape index (κ3) is 4.26. The summed E-state index contributed by atoms with van der Waals surface area (Å²) >= 11 is 0. The number of ether oxygens (including phenoxy) is 1. The van der Waals surface area contributed by atoms with Crippen LogP contribution < -0.4 is 5.32 Å². The number of hydrogen-bond donors (Lipinski definition) is 1. The quantitative estimate of drug-likeness (QED) is 0.798. The van der Waals surface area contributed by atoms with Crippen LogP contribution in [0.25, 0.3) is 0 Å². The molecule has 0 aliphatic rings. The highest BCUT2D eigenvalue weighted by Crippen LogP contribution is 2.12. The molecule has 0 fully saturated rings. The molecule has 0 spiro atoms. The molecule has 4 heteroatoms. The van der Waals surface area contributed by atoms with Crippen LogP contribution in [0.1, 0.15) is 37.0 Å². The van der Waals surface area contributed by atoms with Crippen LogP contribution in [0, 0.1) is 0 Å². The molecule has 1 N–H and O–H groups in total. The van der Waals surface area contributed by atoms with Crippen LogP contribution in [0.4, 0.5) is 5.69 Å². The lowest BCUT2D eigenvalue weighted by Crippen LogP contribution is -2.11. The van der Waals surface area contributed by atoms with Crippen molar-refractivity contribution in [3.63, 3.8) is 0 Å². The predicted octanol–water partition coefficient (Wildman–Crippen LogP) is 2.60. The third-order valence-electron chi connectivity index (χ3n) is 2.14. The lowest BCUT2D eigenvalue weighted by molar-refractivity contribution is -0.115. The highest BCUT2D eigenvalue weighted by molar-refractivity contribution is 5.94. The molecule has 1 aromatic rings. The average Bonchev–Trinajstić information content (AvgIpc) is 2.36. The number of benzene rings is 1. The number of anilines is 1. The number of hydrogen-bond acceptors (Lipinski definition) is 3. The Balaban J connectivity index is 2.71. The van der Waals surface area contributed by atoms with Gasteiger partial charge in [0, 0.05) is 12.1 Å². The van der Waals surface area contributed by atoms with E-state index in [-0.39, 0.29) is 11.9 Å². The smallest absolute Gasteiger partial charge is 0.338 e. The van der Waals surface area contributed by atoms with E-state index in [1.165, 1.54) is 0 Å². The highest BCUT2D eigenvalue weighted by Gasteiger charge is 2.07. The zero-order chi connectivity index (χ0) is 12.7. The van der Waals surface area contributed by atoms with E-state index in [1.54, 1.807) is 31.2 Å². The van der Waals surface area contributed by atoms with Crippen molar-refractivity contribution in [2.75, 3.05) is 11.9 Å². The van der Waals surface area contributed by atoms with Crippen molar-refractivity contribution in [1.82, 2.24) is 0 Å². The van der Waals surface area contributed by atoms with E-state index in [2.05, 4.69) is 5.32 Å². The van der Waals surface area contributed by atoms with Gasteiger partial charge in [-0.2, -0.15) is 0 Å². The molecule has 0 saturated heterocycles. The fraction of sp³-hybridized carbons (Fsp3) is 0.385. The Morgan fingerprint density at radius 1 is 1.29 bits per heavy atom. The number of carbonyl (C=O) groups is 2. The Bertz CT molecular complexity index is 401. The minimum atomic E-state index is -0.362. The molecule has 0 bridgehead atoms. The molecule has 0 aromatic heterocycles. The lowest BCUT2D eigenvalue weighted by Gasteiger charge is -2.06. The van der Waals surface area contributed by atoms with E-state index in [0.717, 1.165) is 6.42 Å². The molecular formula is C13H17NO3. The minimum absolute atomic E-state index is 0.0796. The van der Waals surface area contributed by atoms with Gasteiger partial charge in [0.2, 0.25) is 5.91 Å². The Morgan fingerprint density at radius 2 is 2.06 bits per heavy atom. The first-order valence-electron chi connectivity index (χ1n) is 5.74. The number of nitrogens with one attached hydrogen (secondary N) is 1. The van der Waals surface area contributed by atoms with E-state index in [4.69, 9.17) is 4.74 Å². The maximum Gasteiger partial charge on any atom is 0.338 e. The summed E-state index contributed by atoms with van der Waals surface area (Å²) in [7, 11) is 0. The molecule has 0 aliphatic heterocycles. The van der Waals surface area contributed by atoms with E-state index in [9.17, 15) is 9.59 Å². The Kier molecular flexibility index (Phi) is 5.20. The Hall–Kier alpha value is -1.84. The lowest BCUT2D eigenvalue weighted by atomic mass is 10.2. The molecule has 0 saturated carbocycles. The van der Waals surface area contributed by atoms with Crippen LogP contribution >= 0.6 is 0 Å². The molecule has 92 valence electrons. The number of amides is 1.